The Morgan fingerprint density at radius 2 is 1.79 bits per heavy atom. The molecule has 2 aromatic rings. The number of hydrogen-bond acceptors (Lipinski definition) is 2. The molecule has 0 heterocycles. The Hall–Kier alpha value is -2.03. The average molecular weight is 258 g/mol. The van der Waals surface area contributed by atoms with Crippen LogP contribution in [-0.2, 0) is 6.54 Å². The van der Waals surface area contributed by atoms with Crippen LogP contribution in [0, 0.1) is 12.7 Å². The molecular formula is C16H19FN2. The largest absolute Gasteiger partial charge is 0.399 e. The zero-order valence-electron chi connectivity index (χ0n) is 11.4. The maximum absolute atomic E-state index is 12.9. The SMILES string of the molecule is CCN(Cc1ccc(C)c(N)c1)c1ccc(F)cc1. The van der Waals surface area contributed by atoms with E-state index >= 15 is 0 Å². The van der Waals surface area contributed by atoms with Gasteiger partial charge in [-0.05, 0) is 55.3 Å². The van der Waals surface area contributed by atoms with Gasteiger partial charge in [-0.15, -0.1) is 0 Å². The van der Waals surface area contributed by atoms with E-state index in [1.165, 1.54) is 12.1 Å². The summed E-state index contributed by atoms with van der Waals surface area (Å²) in [6, 6.07) is 12.7. The highest BCUT2D eigenvalue weighted by molar-refractivity contribution is 5.51. The lowest BCUT2D eigenvalue weighted by Gasteiger charge is -2.23. The van der Waals surface area contributed by atoms with E-state index in [2.05, 4.69) is 17.9 Å². The van der Waals surface area contributed by atoms with Crippen LogP contribution >= 0.6 is 0 Å². The van der Waals surface area contributed by atoms with Crippen LogP contribution in [0.1, 0.15) is 18.1 Å². The third-order valence-electron chi connectivity index (χ3n) is 3.29. The van der Waals surface area contributed by atoms with Crippen molar-refractivity contribution in [3.05, 3.63) is 59.4 Å². The Balaban J connectivity index is 2.18. The molecule has 0 bridgehead atoms. The number of halogens is 1. The number of nitrogens with two attached hydrogens (primary N) is 1. The minimum absolute atomic E-state index is 0.209. The Bertz CT molecular complexity index is 549. The summed E-state index contributed by atoms with van der Waals surface area (Å²) in [7, 11) is 0. The van der Waals surface area contributed by atoms with Gasteiger partial charge in [-0.25, -0.2) is 4.39 Å². The van der Waals surface area contributed by atoms with Gasteiger partial charge >= 0.3 is 0 Å². The molecule has 2 aromatic carbocycles. The van der Waals surface area contributed by atoms with Gasteiger partial charge in [-0.2, -0.15) is 0 Å². The summed E-state index contributed by atoms with van der Waals surface area (Å²) >= 11 is 0. The Kier molecular flexibility index (Phi) is 4.05. The van der Waals surface area contributed by atoms with Gasteiger partial charge < -0.3 is 10.6 Å². The van der Waals surface area contributed by atoms with E-state index < -0.39 is 0 Å². The minimum Gasteiger partial charge on any atom is -0.399 e. The second-order valence-electron chi connectivity index (χ2n) is 4.68. The minimum atomic E-state index is -0.209. The first-order valence-corrected chi connectivity index (χ1v) is 6.45. The number of nitrogens with zero attached hydrogens (tertiary/aromatic N) is 1. The van der Waals surface area contributed by atoms with Crippen LogP contribution in [0.15, 0.2) is 42.5 Å². The summed E-state index contributed by atoms with van der Waals surface area (Å²) in [5.41, 5.74) is 10.0. The molecular weight excluding hydrogens is 239 g/mol. The van der Waals surface area contributed by atoms with E-state index in [0.29, 0.717) is 0 Å². The molecule has 2 rings (SSSR count). The van der Waals surface area contributed by atoms with E-state index in [1.54, 1.807) is 12.1 Å². The first kappa shape index (κ1) is 13.4. The molecule has 0 radical (unpaired) electrons. The summed E-state index contributed by atoms with van der Waals surface area (Å²) in [5.74, 6) is -0.209. The fourth-order valence-electron chi connectivity index (χ4n) is 2.05. The van der Waals surface area contributed by atoms with Crippen LogP contribution in [0.2, 0.25) is 0 Å². The van der Waals surface area contributed by atoms with Crippen LogP contribution in [-0.4, -0.2) is 6.54 Å². The lowest BCUT2D eigenvalue weighted by molar-refractivity contribution is 0.627. The monoisotopic (exact) mass is 258 g/mol. The molecule has 100 valence electrons. The topological polar surface area (TPSA) is 29.3 Å². The number of anilines is 2. The molecule has 0 amide bonds. The van der Waals surface area contributed by atoms with Gasteiger partial charge in [0.05, 0.1) is 0 Å². The van der Waals surface area contributed by atoms with E-state index in [-0.39, 0.29) is 5.82 Å². The second-order valence-corrected chi connectivity index (χ2v) is 4.68. The van der Waals surface area contributed by atoms with Gasteiger partial charge in [0.2, 0.25) is 0 Å². The fourth-order valence-corrected chi connectivity index (χ4v) is 2.05. The van der Waals surface area contributed by atoms with Crippen molar-refractivity contribution < 1.29 is 4.39 Å². The zero-order chi connectivity index (χ0) is 13.8. The molecule has 0 spiro atoms. The van der Waals surface area contributed by atoms with Gasteiger partial charge in [-0.3, -0.25) is 0 Å². The van der Waals surface area contributed by atoms with Crippen molar-refractivity contribution >= 4 is 11.4 Å². The average Bonchev–Trinajstić information content (AvgIpc) is 2.41. The lowest BCUT2D eigenvalue weighted by atomic mass is 10.1. The van der Waals surface area contributed by atoms with E-state index in [4.69, 9.17) is 5.73 Å². The molecule has 0 unspecified atom stereocenters. The number of rotatable bonds is 4. The number of nitrogen functional groups attached to an aromatic ring is 1. The molecule has 0 fully saturated rings. The van der Waals surface area contributed by atoms with Crippen molar-refractivity contribution in [1.29, 1.82) is 0 Å². The predicted octanol–water partition coefficient (Wildman–Crippen LogP) is 3.74. The van der Waals surface area contributed by atoms with Crippen LogP contribution in [0.5, 0.6) is 0 Å². The highest BCUT2D eigenvalue weighted by atomic mass is 19.1. The van der Waals surface area contributed by atoms with Gasteiger partial charge in [0.1, 0.15) is 5.82 Å². The first-order chi connectivity index (χ1) is 9.10. The van der Waals surface area contributed by atoms with Gasteiger partial charge in [0.25, 0.3) is 0 Å². The molecule has 2 N–H and O–H groups in total. The predicted molar refractivity (Wildman–Crippen MR) is 78.7 cm³/mol. The first-order valence-electron chi connectivity index (χ1n) is 6.45. The highest BCUT2D eigenvalue weighted by Crippen LogP contribution is 2.19. The van der Waals surface area contributed by atoms with Crippen molar-refractivity contribution in [1.82, 2.24) is 0 Å². The van der Waals surface area contributed by atoms with Crippen LogP contribution in [0.4, 0.5) is 15.8 Å². The van der Waals surface area contributed by atoms with E-state index in [1.807, 2.05) is 19.1 Å². The Morgan fingerprint density at radius 3 is 2.37 bits per heavy atom. The molecule has 0 aliphatic carbocycles. The molecule has 0 saturated heterocycles. The molecule has 0 aromatic heterocycles. The molecule has 19 heavy (non-hydrogen) atoms. The van der Waals surface area contributed by atoms with Gasteiger partial charge in [0.15, 0.2) is 0 Å². The molecule has 0 saturated carbocycles. The van der Waals surface area contributed by atoms with Crippen LogP contribution < -0.4 is 10.6 Å². The number of hydrogen-bond donors (Lipinski definition) is 1. The Morgan fingerprint density at radius 1 is 1.11 bits per heavy atom. The van der Waals surface area contributed by atoms with Crippen molar-refractivity contribution in [2.45, 2.75) is 20.4 Å². The maximum Gasteiger partial charge on any atom is 0.123 e. The summed E-state index contributed by atoms with van der Waals surface area (Å²) in [4.78, 5) is 2.18. The third-order valence-corrected chi connectivity index (χ3v) is 3.29. The molecule has 3 heteroatoms. The van der Waals surface area contributed by atoms with Crippen LogP contribution in [0.25, 0.3) is 0 Å². The summed E-state index contributed by atoms with van der Waals surface area (Å²) < 4.78 is 12.9. The Labute approximate surface area is 113 Å². The molecule has 0 aliphatic heterocycles. The van der Waals surface area contributed by atoms with Crippen molar-refractivity contribution in [3.63, 3.8) is 0 Å². The van der Waals surface area contributed by atoms with Crippen molar-refractivity contribution in [2.24, 2.45) is 0 Å². The van der Waals surface area contributed by atoms with E-state index in [9.17, 15) is 4.39 Å². The molecule has 0 atom stereocenters. The number of aryl methyl sites for hydroxylation is 1. The summed E-state index contributed by atoms with van der Waals surface area (Å²) in [6.07, 6.45) is 0. The quantitative estimate of drug-likeness (QED) is 0.846. The van der Waals surface area contributed by atoms with Gasteiger partial charge in [0, 0.05) is 24.5 Å². The molecule has 0 aliphatic rings. The normalized spacial score (nSPS) is 10.5. The smallest absolute Gasteiger partial charge is 0.123 e. The third kappa shape index (κ3) is 3.25. The summed E-state index contributed by atoms with van der Waals surface area (Å²) in [6.45, 7) is 5.71. The highest BCUT2D eigenvalue weighted by Gasteiger charge is 2.06. The molecule has 2 nitrogen and oxygen atoms in total. The van der Waals surface area contributed by atoms with Crippen LogP contribution in [0.3, 0.4) is 0 Å². The van der Waals surface area contributed by atoms with Crippen molar-refractivity contribution in [3.8, 4) is 0 Å². The zero-order valence-corrected chi connectivity index (χ0v) is 11.4. The lowest BCUT2D eigenvalue weighted by Crippen LogP contribution is -2.22. The van der Waals surface area contributed by atoms with Gasteiger partial charge in [-0.1, -0.05) is 12.1 Å². The summed E-state index contributed by atoms with van der Waals surface area (Å²) in [5, 5.41) is 0. The number of benzene rings is 2. The van der Waals surface area contributed by atoms with Crippen molar-refractivity contribution in [2.75, 3.05) is 17.2 Å². The van der Waals surface area contributed by atoms with E-state index in [0.717, 1.165) is 35.6 Å². The fraction of sp³-hybridized carbons (Fsp3) is 0.250. The maximum atomic E-state index is 12.9. The standard InChI is InChI=1S/C16H19FN2/c1-3-19(15-8-6-14(17)7-9-15)11-13-5-4-12(2)16(18)10-13/h4-10H,3,11,18H2,1-2H3. The second kappa shape index (κ2) is 5.74.